The van der Waals surface area contributed by atoms with Crippen molar-refractivity contribution in [2.75, 3.05) is 13.7 Å². The van der Waals surface area contributed by atoms with Gasteiger partial charge in [-0.1, -0.05) is 32.0 Å². The quantitative estimate of drug-likeness (QED) is 0.787. The SMILES string of the molecule is COc1cccc(CC(=O)N(Cc2ccccn2)CC(C)C)c1. The number of hydrogen-bond acceptors (Lipinski definition) is 3. The highest BCUT2D eigenvalue weighted by Crippen LogP contribution is 2.15. The Bertz CT molecular complexity index is 626. The minimum Gasteiger partial charge on any atom is -0.497 e. The number of rotatable bonds is 7. The Morgan fingerprint density at radius 3 is 2.70 bits per heavy atom. The number of amides is 1. The monoisotopic (exact) mass is 312 g/mol. The molecule has 0 N–H and O–H groups in total. The highest BCUT2D eigenvalue weighted by atomic mass is 16.5. The summed E-state index contributed by atoms with van der Waals surface area (Å²) >= 11 is 0. The number of benzene rings is 1. The van der Waals surface area contributed by atoms with Crippen molar-refractivity contribution in [2.45, 2.75) is 26.8 Å². The molecule has 0 bridgehead atoms. The Labute approximate surface area is 138 Å². The van der Waals surface area contributed by atoms with Gasteiger partial charge in [-0.3, -0.25) is 9.78 Å². The third-order valence-electron chi connectivity index (χ3n) is 3.51. The first-order chi connectivity index (χ1) is 11.1. The second-order valence-electron chi connectivity index (χ2n) is 6.02. The second kappa shape index (κ2) is 8.32. The Balaban J connectivity index is 2.09. The van der Waals surface area contributed by atoms with E-state index in [0.29, 0.717) is 18.9 Å². The molecule has 2 aromatic rings. The Morgan fingerprint density at radius 2 is 2.04 bits per heavy atom. The summed E-state index contributed by atoms with van der Waals surface area (Å²) in [7, 11) is 1.63. The number of nitrogens with zero attached hydrogens (tertiary/aromatic N) is 2. The van der Waals surface area contributed by atoms with Gasteiger partial charge in [-0.2, -0.15) is 0 Å². The van der Waals surface area contributed by atoms with E-state index in [-0.39, 0.29) is 5.91 Å². The molecule has 4 nitrogen and oxygen atoms in total. The van der Waals surface area contributed by atoms with Gasteiger partial charge in [-0.05, 0) is 35.7 Å². The Hall–Kier alpha value is -2.36. The smallest absolute Gasteiger partial charge is 0.227 e. The highest BCUT2D eigenvalue weighted by Gasteiger charge is 2.16. The fourth-order valence-electron chi connectivity index (χ4n) is 2.45. The summed E-state index contributed by atoms with van der Waals surface area (Å²) in [5.41, 5.74) is 1.87. The minimum absolute atomic E-state index is 0.109. The van der Waals surface area contributed by atoms with E-state index in [2.05, 4.69) is 18.8 Å². The van der Waals surface area contributed by atoms with Crippen molar-refractivity contribution in [3.63, 3.8) is 0 Å². The number of pyridine rings is 1. The third kappa shape index (κ3) is 5.40. The van der Waals surface area contributed by atoms with Crippen molar-refractivity contribution in [2.24, 2.45) is 5.92 Å². The molecule has 122 valence electrons. The van der Waals surface area contributed by atoms with Gasteiger partial charge < -0.3 is 9.64 Å². The summed E-state index contributed by atoms with van der Waals surface area (Å²) in [6.07, 6.45) is 2.13. The van der Waals surface area contributed by atoms with Gasteiger partial charge >= 0.3 is 0 Å². The van der Waals surface area contributed by atoms with Crippen LogP contribution in [0.5, 0.6) is 5.75 Å². The van der Waals surface area contributed by atoms with Crippen LogP contribution in [0.1, 0.15) is 25.1 Å². The average Bonchev–Trinajstić information content (AvgIpc) is 2.55. The first kappa shape index (κ1) is 17.0. The molecule has 1 heterocycles. The molecule has 0 saturated carbocycles. The lowest BCUT2D eigenvalue weighted by molar-refractivity contribution is -0.131. The first-order valence-corrected chi connectivity index (χ1v) is 7.89. The topological polar surface area (TPSA) is 42.4 Å². The molecule has 0 fully saturated rings. The van der Waals surface area contributed by atoms with E-state index < -0.39 is 0 Å². The normalized spacial score (nSPS) is 10.6. The van der Waals surface area contributed by atoms with Gasteiger partial charge in [0.1, 0.15) is 5.75 Å². The average molecular weight is 312 g/mol. The maximum absolute atomic E-state index is 12.7. The summed E-state index contributed by atoms with van der Waals surface area (Å²) in [5, 5.41) is 0. The molecule has 1 aromatic carbocycles. The minimum atomic E-state index is 0.109. The Kier molecular flexibility index (Phi) is 6.15. The van der Waals surface area contributed by atoms with Crippen molar-refractivity contribution < 1.29 is 9.53 Å². The van der Waals surface area contributed by atoms with Crippen molar-refractivity contribution in [1.82, 2.24) is 9.88 Å². The standard InChI is InChI=1S/C19H24N2O2/c1-15(2)13-21(14-17-8-4-5-10-20-17)19(22)12-16-7-6-9-18(11-16)23-3/h4-11,15H,12-14H2,1-3H3. The van der Waals surface area contributed by atoms with E-state index in [1.54, 1.807) is 13.3 Å². The van der Waals surface area contributed by atoms with Crippen molar-refractivity contribution in [1.29, 1.82) is 0 Å². The number of carbonyl (C=O) groups excluding carboxylic acids is 1. The van der Waals surface area contributed by atoms with Crippen LogP contribution in [0, 0.1) is 5.92 Å². The molecule has 0 atom stereocenters. The summed E-state index contributed by atoms with van der Waals surface area (Å²) in [6, 6.07) is 13.4. The van der Waals surface area contributed by atoms with Crippen LogP contribution in [-0.4, -0.2) is 29.4 Å². The van der Waals surface area contributed by atoms with Crippen molar-refractivity contribution in [3.8, 4) is 5.75 Å². The van der Waals surface area contributed by atoms with Crippen LogP contribution < -0.4 is 4.74 Å². The molecule has 23 heavy (non-hydrogen) atoms. The van der Waals surface area contributed by atoms with Crippen molar-refractivity contribution in [3.05, 3.63) is 59.9 Å². The zero-order valence-electron chi connectivity index (χ0n) is 14.0. The van der Waals surface area contributed by atoms with Gasteiger partial charge in [0.25, 0.3) is 0 Å². The van der Waals surface area contributed by atoms with Crippen LogP contribution in [0.25, 0.3) is 0 Å². The fourth-order valence-corrected chi connectivity index (χ4v) is 2.45. The van der Waals surface area contributed by atoms with Gasteiger partial charge in [0.05, 0.1) is 25.8 Å². The van der Waals surface area contributed by atoms with Gasteiger partial charge in [-0.15, -0.1) is 0 Å². The number of aromatic nitrogens is 1. The molecule has 4 heteroatoms. The fraction of sp³-hybridized carbons (Fsp3) is 0.368. The van der Waals surface area contributed by atoms with E-state index >= 15 is 0 Å². The molecular weight excluding hydrogens is 288 g/mol. The van der Waals surface area contributed by atoms with Gasteiger partial charge in [-0.25, -0.2) is 0 Å². The van der Waals surface area contributed by atoms with Crippen LogP contribution in [0.15, 0.2) is 48.7 Å². The predicted octanol–water partition coefficient (Wildman–Crippen LogP) is 3.32. The lowest BCUT2D eigenvalue weighted by Crippen LogP contribution is -2.35. The number of carbonyl (C=O) groups is 1. The molecule has 0 spiro atoms. The summed E-state index contributed by atoms with van der Waals surface area (Å²) < 4.78 is 5.22. The Morgan fingerprint density at radius 1 is 1.22 bits per heavy atom. The number of methoxy groups -OCH3 is 1. The molecule has 1 amide bonds. The van der Waals surface area contributed by atoms with Gasteiger partial charge in [0, 0.05) is 12.7 Å². The molecule has 1 aromatic heterocycles. The van der Waals surface area contributed by atoms with Gasteiger partial charge in [0.15, 0.2) is 0 Å². The van der Waals surface area contributed by atoms with E-state index in [9.17, 15) is 4.79 Å². The molecule has 2 rings (SSSR count). The summed E-state index contributed by atoms with van der Waals surface area (Å²) in [6.45, 7) is 5.50. The maximum atomic E-state index is 12.7. The van der Waals surface area contributed by atoms with Crippen molar-refractivity contribution >= 4 is 5.91 Å². The second-order valence-corrected chi connectivity index (χ2v) is 6.02. The molecule has 0 radical (unpaired) electrons. The van der Waals surface area contributed by atoms with E-state index in [1.807, 2.05) is 47.4 Å². The predicted molar refractivity (Wildman–Crippen MR) is 91.2 cm³/mol. The van der Waals surface area contributed by atoms with Crippen LogP contribution in [0.2, 0.25) is 0 Å². The molecule has 0 unspecified atom stereocenters. The van der Waals surface area contributed by atoms with E-state index in [1.165, 1.54) is 0 Å². The zero-order valence-corrected chi connectivity index (χ0v) is 14.0. The van der Waals surface area contributed by atoms with Gasteiger partial charge in [0.2, 0.25) is 5.91 Å². The van der Waals surface area contributed by atoms with Crippen LogP contribution >= 0.6 is 0 Å². The number of ether oxygens (including phenoxy) is 1. The van der Waals surface area contributed by atoms with E-state index in [4.69, 9.17) is 4.74 Å². The van der Waals surface area contributed by atoms with Crippen LogP contribution in [-0.2, 0) is 17.8 Å². The lowest BCUT2D eigenvalue weighted by Gasteiger charge is -2.24. The summed E-state index contributed by atoms with van der Waals surface area (Å²) in [5.74, 6) is 1.29. The first-order valence-electron chi connectivity index (χ1n) is 7.89. The largest absolute Gasteiger partial charge is 0.497 e. The van der Waals surface area contributed by atoms with E-state index in [0.717, 1.165) is 23.6 Å². The lowest BCUT2D eigenvalue weighted by atomic mass is 10.1. The highest BCUT2D eigenvalue weighted by molar-refractivity contribution is 5.78. The number of hydrogen-bond donors (Lipinski definition) is 0. The molecule has 0 aliphatic carbocycles. The maximum Gasteiger partial charge on any atom is 0.227 e. The molecule has 0 aliphatic heterocycles. The zero-order chi connectivity index (χ0) is 16.7. The third-order valence-corrected chi connectivity index (χ3v) is 3.51. The van der Waals surface area contributed by atoms with Crippen LogP contribution in [0.4, 0.5) is 0 Å². The molecule has 0 aliphatic rings. The molecule has 0 saturated heterocycles. The molecular formula is C19H24N2O2. The van der Waals surface area contributed by atoms with Crippen LogP contribution in [0.3, 0.4) is 0 Å². The summed E-state index contributed by atoms with van der Waals surface area (Å²) in [4.78, 5) is 18.9.